The Balaban J connectivity index is 1.03. The van der Waals surface area contributed by atoms with Gasteiger partial charge in [0.05, 0.1) is 27.5 Å². The van der Waals surface area contributed by atoms with E-state index in [1.807, 2.05) is 6.07 Å². The Labute approximate surface area is 362 Å². The average molecular weight is 808 g/mol. The van der Waals surface area contributed by atoms with Crippen molar-refractivity contribution in [1.82, 2.24) is 24.1 Å². The molecular weight excluding hydrogens is 771 g/mol. The molecule has 0 saturated carbocycles. The van der Waals surface area contributed by atoms with Crippen molar-refractivity contribution in [2.24, 2.45) is 0 Å². The highest BCUT2D eigenvalue weighted by molar-refractivity contribution is 6.18. The number of para-hydroxylation sites is 3. The summed E-state index contributed by atoms with van der Waals surface area (Å²) in [4.78, 5) is 16.0. The van der Waals surface area contributed by atoms with Crippen molar-refractivity contribution >= 4 is 66.7 Å². The molecule has 12 aromatic rings. The largest absolute Gasteiger partial charge is 0.456 e. The highest BCUT2D eigenvalue weighted by Crippen LogP contribution is 2.38. The molecule has 296 valence electrons. The molecule has 1 aliphatic carbocycles. The van der Waals surface area contributed by atoms with Gasteiger partial charge in [-0.1, -0.05) is 158 Å². The lowest BCUT2D eigenvalue weighted by molar-refractivity contribution is 0.569. The Kier molecular flexibility index (Phi) is 7.93. The third kappa shape index (κ3) is 5.69. The summed E-state index contributed by atoms with van der Waals surface area (Å²) in [7, 11) is 0. The number of aromatic nitrogens is 5. The molecule has 6 nitrogen and oxygen atoms in total. The van der Waals surface area contributed by atoms with Crippen LogP contribution in [0.15, 0.2) is 199 Å². The standard InChI is InChI=1S/C57H37N5O/c1-3-14-36(15-4-1)38-26-28-39(29-27-38)55-58-56(60-57(59-55)62-49-24-11-7-20-43(49)44-21-8-12-25-50(44)62)41-30-32-51-47(35-41)53-52(63-51)33-31-46-45-22-9-10-23-48(45)61(54(46)53)42-19-13-18-40(34-42)37-16-5-2-6-17-37/h1-29,31-35,41H,30H2. The van der Waals surface area contributed by atoms with Crippen LogP contribution in [0.3, 0.4) is 0 Å². The van der Waals surface area contributed by atoms with Crippen molar-refractivity contribution in [3.8, 4) is 45.3 Å². The molecule has 0 radical (unpaired) electrons. The molecule has 1 unspecified atom stereocenters. The van der Waals surface area contributed by atoms with Crippen LogP contribution in [-0.4, -0.2) is 24.1 Å². The number of rotatable bonds is 6. The second-order valence-electron chi connectivity index (χ2n) is 16.3. The number of hydrogen-bond donors (Lipinski definition) is 0. The predicted octanol–water partition coefficient (Wildman–Crippen LogP) is 12.6. The van der Waals surface area contributed by atoms with Crippen LogP contribution in [0.1, 0.15) is 18.2 Å². The monoisotopic (exact) mass is 807 g/mol. The maximum Gasteiger partial charge on any atom is 0.238 e. The number of hydrogen-bond acceptors (Lipinski definition) is 4. The predicted molar refractivity (Wildman–Crippen MR) is 257 cm³/mol. The molecule has 0 aliphatic heterocycles. The van der Waals surface area contributed by atoms with E-state index in [0.29, 0.717) is 24.0 Å². The van der Waals surface area contributed by atoms with Gasteiger partial charge in [-0.15, -0.1) is 0 Å². The van der Waals surface area contributed by atoms with Gasteiger partial charge in [-0.2, -0.15) is 9.97 Å². The summed E-state index contributed by atoms with van der Waals surface area (Å²) in [5.41, 5.74) is 12.8. The maximum absolute atomic E-state index is 6.73. The van der Waals surface area contributed by atoms with E-state index >= 15 is 0 Å². The normalized spacial score (nSPS) is 13.7. The molecule has 0 N–H and O–H groups in total. The van der Waals surface area contributed by atoms with Crippen LogP contribution in [-0.2, 0) is 0 Å². The van der Waals surface area contributed by atoms with E-state index < -0.39 is 0 Å². The lowest BCUT2D eigenvalue weighted by Gasteiger charge is -2.15. The summed E-state index contributed by atoms with van der Waals surface area (Å²) in [6.07, 6.45) is 5.23. The van der Waals surface area contributed by atoms with Crippen LogP contribution in [0.4, 0.5) is 0 Å². The summed E-state index contributed by atoms with van der Waals surface area (Å²) in [5, 5.41) is 6.83. The second kappa shape index (κ2) is 14.1. The van der Waals surface area contributed by atoms with Crippen LogP contribution >= 0.6 is 0 Å². The van der Waals surface area contributed by atoms with Crippen LogP contribution in [0, 0.1) is 0 Å². The first-order chi connectivity index (χ1) is 31.2. The van der Waals surface area contributed by atoms with Crippen molar-refractivity contribution in [3.63, 3.8) is 0 Å². The molecule has 6 heteroatoms. The minimum atomic E-state index is -0.148. The molecule has 0 amide bonds. The fourth-order valence-corrected chi connectivity index (χ4v) is 9.76. The van der Waals surface area contributed by atoms with Crippen LogP contribution in [0.25, 0.3) is 112 Å². The van der Waals surface area contributed by atoms with Gasteiger partial charge in [-0.05, 0) is 77.2 Å². The van der Waals surface area contributed by atoms with Gasteiger partial charge in [0.1, 0.15) is 16.8 Å². The van der Waals surface area contributed by atoms with Gasteiger partial charge in [0, 0.05) is 43.9 Å². The third-order valence-corrected chi connectivity index (χ3v) is 12.7. The number of fused-ring (bicyclic) bond motifs is 10. The molecule has 1 aliphatic rings. The molecule has 0 spiro atoms. The molecule has 0 saturated heterocycles. The Bertz CT molecular complexity index is 3830. The molecular formula is C57H37N5O. The lowest BCUT2D eigenvalue weighted by Crippen LogP contribution is -2.26. The van der Waals surface area contributed by atoms with Gasteiger partial charge in [0.15, 0.2) is 5.82 Å². The van der Waals surface area contributed by atoms with Gasteiger partial charge in [-0.25, -0.2) is 4.98 Å². The highest BCUT2D eigenvalue weighted by atomic mass is 16.3. The van der Waals surface area contributed by atoms with Crippen molar-refractivity contribution in [3.05, 3.63) is 211 Å². The molecule has 1 atom stereocenters. The zero-order valence-corrected chi connectivity index (χ0v) is 34.1. The van der Waals surface area contributed by atoms with Gasteiger partial charge >= 0.3 is 0 Å². The van der Waals surface area contributed by atoms with E-state index in [0.717, 1.165) is 71.3 Å². The van der Waals surface area contributed by atoms with Gasteiger partial charge < -0.3 is 8.98 Å². The second-order valence-corrected chi connectivity index (χ2v) is 16.3. The zero-order valence-electron chi connectivity index (χ0n) is 34.1. The van der Waals surface area contributed by atoms with Crippen LogP contribution in [0.5, 0.6) is 0 Å². The van der Waals surface area contributed by atoms with Crippen LogP contribution < -0.4 is 10.6 Å². The summed E-state index contributed by atoms with van der Waals surface area (Å²) in [6, 6.07) is 68.4. The number of furan rings is 1. The van der Waals surface area contributed by atoms with E-state index in [4.69, 9.17) is 19.4 Å². The number of benzene rings is 8. The zero-order chi connectivity index (χ0) is 41.4. The first kappa shape index (κ1) is 35.4. The Hall–Kier alpha value is -8.35. The minimum absolute atomic E-state index is 0.148. The van der Waals surface area contributed by atoms with Crippen molar-refractivity contribution in [2.75, 3.05) is 0 Å². The first-order valence-corrected chi connectivity index (χ1v) is 21.5. The first-order valence-electron chi connectivity index (χ1n) is 21.5. The van der Waals surface area contributed by atoms with Crippen LogP contribution in [0.2, 0.25) is 0 Å². The molecule has 0 fully saturated rings. The van der Waals surface area contributed by atoms with Crippen molar-refractivity contribution < 1.29 is 4.42 Å². The quantitative estimate of drug-likeness (QED) is 0.168. The molecule has 63 heavy (non-hydrogen) atoms. The smallest absolute Gasteiger partial charge is 0.238 e. The highest BCUT2D eigenvalue weighted by Gasteiger charge is 2.24. The Morgan fingerprint density at radius 3 is 1.73 bits per heavy atom. The average Bonchev–Trinajstić information content (AvgIpc) is 4.02. The summed E-state index contributed by atoms with van der Waals surface area (Å²) < 4.78 is 11.3. The molecule has 13 rings (SSSR count). The van der Waals surface area contributed by atoms with Crippen molar-refractivity contribution in [1.29, 1.82) is 0 Å². The van der Waals surface area contributed by atoms with E-state index in [9.17, 15) is 0 Å². The minimum Gasteiger partial charge on any atom is -0.456 e. The van der Waals surface area contributed by atoms with E-state index in [2.05, 4.69) is 209 Å². The third-order valence-electron chi connectivity index (χ3n) is 12.7. The van der Waals surface area contributed by atoms with E-state index in [1.165, 1.54) is 27.5 Å². The van der Waals surface area contributed by atoms with E-state index in [1.54, 1.807) is 0 Å². The summed E-state index contributed by atoms with van der Waals surface area (Å²) >= 11 is 0. The number of nitrogens with zero attached hydrogens (tertiary/aromatic N) is 5. The molecule has 8 aromatic carbocycles. The van der Waals surface area contributed by atoms with Crippen molar-refractivity contribution in [2.45, 2.75) is 12.3 Å². The summed E-state index contributed by atoms with van der Waals surface area (Å²) in [6.45, 7) is 0. The Morgan fingerprint density at radius 2 is 1.03 bits per heavy atom. The van der Waals surface area contributed by atoms with Gasteiger partial charge in [0.2, 0.25) is 5.95 Å². The fraction of sp³-hybridized carbons (Fsp3) is 0.0351. The summed E-state index contributed by atoms with van der Waals surface area (Å²) in [5.74, 6) is 1.79. The molecule has 4 aromatic heterocycles. The van der Waals surface area contributed by atoms with Gasteiger partial charge in [-0.3, -0.25) is 4.57 Å². The van der Waals surface area contributed by atoms with Gasteiger partial charge in [0.25, 0.3) is 0 Å². The maximum atomic E-state index is 6.73. The Morgan fingerprint density at radius 1 is 0.460 bits per heavy atom. The molecule has 4 heterocycles. The SMILES string of the molecule is C1=c2oc3ccc4c5ccccc5n(-c5cccc(-c6ccccc6)c5)c4c3c2=CC(c2nc(-c3ccc(-c4ccccc4)cc3)nc(-n3c4ccccc4c4ccccc43)n2)C1. The topological polar surface area (TPSA) is 61.7 Å². The van der Waals surface area contributed by atoms with E-state index in [-0.39, 0.29) is 5.92 Å². The fourth-order valence-electron chi connectivity index (χ4n) is 9.76. The lowest BCUT2D eigenvalue weighted by atomic mass is 9.97. The molecule has 0 bridgehead atoms.